The van der Waals surface area contributed by atoms with Crippen LogP contribution in [-0.4, -0.2) is 20.2 Å². The number of rotatable bonds is 2. The van der Waals surface area contributed by atoms with E-state index >= 15 is 0 Å². The molecule has 4 heteroatoms. The lowest BCUT2D eigenvalue weighted by atomic mass is 10.1. The number of nitrogens with zero attached hydrogens (tertiary/aromatic N) is 2. The van der Waals surface area contributed by atoms with Gasteiger partial charge in [-0.1, -0.05) is 92.2 Å². The second-order valence-corrected chi connectivity index (χ2v) is 8.93. The first-order valence-electron chi connectivity index (χ1n) is 12.5. The van der Waals surface area contributed by atoms with Gasteiger partial charge < -0.3 is 10.2 Å². The molecule has 0 bridgehead atoms. The number of allylic oxidation sites excluding steroid dienone is 1. The minimum atomic E-state index is 0. The molecule has 6 rings (SSSR count). The van der Waals surface area contributed by atoms with Crippen molar-refractivity contribution in [3.05, 3.63) is 144 Å². The van der Waals surface area contributed by atoms with Gasteiger partial charge in [-0.15, -0.1) is 0 Å². The number of hydrogen-bond acceptors (Lipinski definition) is 4. The van der Waals surface area contributed by atoms with Crippen LogP contribution < -0.4 is 0 Å². The summed E-state index contributed by atoms with van der Waals surface area (Å²) in [5, 5.41) is 21.7. The maximum Gasteiger partial charge on any atom is 0.131 e. The molecule has 4 nitrogen and oxygen atoms in total. The van der Waals surface area contributed by atoms with Crippen LogP contribution >= 0.6 is 0 Å². The summed E-state index contributed by atoms with van der Waals surface area (Å²) in [5.74, 6) is 6.38. The fourth-order valence-corrected chi connectivity index (χ4v) is 4.05. The number of phenols is 2. The van der Waals surface area contributed by atoms with Gasteiger partial charge in [-0.3, -0.25) is 0 Å². The second-order valence-electron chi connectivity index (χ2n) is 8.93. The van der Waals surface area contributed by atoms with Crippen LogP contribution in [0.5, 0.6) is 11.5 Å². The van der Waals surface area contributed by atoms with Crippen LogP contribution in [-0.2, 0) is 0 Å². The number of phenolic OH excluding ortho intramolecular Hbond substituents is 2. The number of para-hydroxylation sites is 4. The predicted molar refractivity (Wildman–Crippen MR) is 166 cm³/mol. The van der Waals surface area contributed by atoms with E-state index in [0.717, 1.165) is 38.6 Å². The summed E-state index contributed by atoms with van der Waals surface area (Å²) in [6, 6.07) is 38.2. The van der Waals surface area contributed by atoms with Crippen molar-refractivity contribution in [1.82, 2.24) is 9.97 Å². The molecule has 2 N–H and O–H groups in total. The zero-order valence-corrected chi connectivity index (χ0v) is 21.4. The maximum atomic E-state index is 9.81. The lowest BCUT2D eigenvalue weighted by Crippen LogP contribution is -1.87. The Morgan fingerprint density at radius 2 is 1.18 bits per heavy atom. The van der Waals surface area contributed by atoms with Crippen LogP contribution in [0.4, 0.5) is 0 Å². The molecule has 0 atom stereocenters. The Bertz CT molecular complexity index is 1860. The largest absolute Gasteiger partial charge is 0.507 e. The number of fused-ring (bicyclic) bond motifs is 2. The molecule has 0 amide bonds. The van der Waals surface area contributed by atoms with Crippen molar-refractivity contribution in [3.63, 3.8) is 0 Å². The molecule has 0 spiro atoms. The molecule has 0 radical (unpaired) electrons. The number of aromatic hydroxyl groups is 2. The fraction of sp³-hybridized carbons (Fsp3) is 0.0556. The highest BCUT2D eigenvalue weighted by Crippen LogP contribution is 2.24. The Morgan fingerprint density at radius 1 is 0.600 bits per heavy atom. The smallest absolute Gasteiger partial charge is 0.131 e. The molecule has 0 saturated carbocycles. The SMILES string of the molecule is C.C/C(=C\c1ccccc1O)c1ccc2ccccc2n1.Oc1ccccc1C#Cc1ccc2ccccc2n1. The van der Waals surface area contributed by atoms with Gasteiger partial charge in [-0.2, -0.15) is 0 Å². The van der Waals surface area contributed by atoms with E-state index in [2.05, 4.69) is 27.9 Å². The number of pyridine rings is 2. The van der Waals surface area contributed by atoms with Crippen LogP contribution in [0.25, 0.3) is 33.5 Å². The highest BCUT2D eigenvalue weighted by Gasteiger charge is 2.02. The number of aromatic nitrogens is 2. The monoisotopic (exact) mass is 522 g/mol. The summed E-state index contributed by atoms with van der Waals surface area (Å²) in [4.78, 5) is 9.12. The van der Waals surface area contributed by atoms with Gasteiger partial charge in [0.2, 0.25) is 0 Å². The van der Waals surface area contributed by atoms with Crippen LogP contribution in [0.1, 0.15) is 36.9 Å². The highest BCUT2D eigenvalue weighted by atomic mass is 16.3. The summed E-state index contributed by atoms with van der Waals surface area (Å²) in [5.41, 5.74) is 5.96. The minimum Gasteiger partial charge on any atom is -0.507 e. The summed E-state index contributed by atoms with van der Waals surface area (Å²) in [7, 11) is 0. The molecule has 0 saturated heterocycles. The third kappa shape index (κ3) is 6.72. The van der Waals surface area contributed by atoms with Crippen molar-refractivity contribution in [3.8, 4) is 23.3 Å². The molecule has 0 aliphatic carbocycles. The van der Waals surface area contributed by atoms with Crippen LogP contribution in [0.15, 0.2) is 121 Å². The van der Waals surface area contributed by atoms with Crippen LogP contribution in [0, 0.1) is 11.8 Å². The van der Waals surface area contributed by atoms with Crippen molar-refractivity contribution < 1.29 is 10.2 Å². The van der Waals surface area contributed by atoms with Crippen LogP contribution in [0.3, 0.4) is 0 Å². The van der Waals surface area contributed by atoms with Gasteiger partial charge in [0, 0.05) is 16.3 Å². The molecule has 4 aromatic carbocycles. The molecule has 0 aliphatic rings. The van der Waals surface area contributed by atoms with Gasteiger partial charge >= 0.3 is 0 Å². The zero-order valence-electron chi connectivity index (χ0n) is 21.4. The molecule has 196 valence electrons. The minimum absolute atomic E-state index is 0. The Morgan fingerprint density at radius 3 is 1.88 bits per heavy atom. The lowest BCUT2D eigenvalue weighted by Gasteiger charge is -2.04. The van der Waals surface area contributed by atoms with E-state index in [-0.39, 0.29) is 18.9 Å². The van der Waals surface area contributed by atoms with Gasteiger partial charge in [0.05, 0.1) is 22.3 Å². The second kappa shape index (κ2) is 12.9. The molecule has 6 aromatic rings. The third-order valence-corrected chi connectivity index (χ3v) is 6.14. The topological polar surface area (TPSA) is 66.2 Å². The number of hydrogen-bond donors (Lipinski definition) is 2. The van der Waals surface area contributed by atoms with E-state index in [1.807, 2.05) is 104 Å². The van der Waals surface area contributed by atoms with E-state index in [1.165, 1.54) is 0 Å². The van der Waals surface area contributed by atoms with Gasteiger partial charge in [0.15, 0.2) is 0 Å². The molecular formula is C36H30N2O2. The Kier molecular flexibility index (Phi) is 8.92. The first-order chi connectivity index (χ1) is 19.1. The molecule has 2 heterocycles. The van der Waals surface area contributed by atoms with E-state index in [4.69, 9.17) is 0 Å². The first-order valence-corrected chi connectivity index (χ1v) is 12.5. The molecule has 0 fully saturated rings. The average molecular weight is 523 g/mol. The highest BCUT2D eigenvalue weighted by molar-refractivity contribution is 5.85. The quantitative estimate of drug-likeness (QED) is 0.224. The Labute approximate surface area is 235 Å². The molecule has 0 unspecified atom stereocenters. The van der Waals surface area contributed by atoms with E-state index in [9.17, 15) is 10.2 Å². The fourth-order valence-electron chi connectivity index (χ4n) is 4.05. The molecule has 2 aromatic heterocycles. The third-order valence-electron chi connectivity index (χ3n) is 6.14. The van der Waals surface area contributed by atoms with Crippen molar-refractivity contribution >= 4 is 33.5 Å². The predicted octanol–water partition coefficient (Wildman–Crippen LogP) is 8.48. The summed E-state index contributed by atoms with van der Waals surface area (Å²) in [6.07, 6.45) is 1.95. The van der Waals surface area contributed by atoms with Gasteiger partial charge in [-0.05, 0) is 67.0 Å². The molecular weight excluding hydrogens is 492 g/mol. The average Bonchev–Trinajstić information content (AvgIpc) is 2.98. The van der Waals surface area contributed by atoms with Gasteiger partial charge in [-0.25, -0.2) is 9.97 Å². The van der Waals surface area contributed by atoms with Crippen molar-refractivity contribution in [2.24, 2.45) is 0 Å². The van der Waals surface area contributed by atoms with Crippen LogP contribution in [0.2, 0.25) is 0 Å². The normalized spacial score (nSPS) is 10.6. The lowest BCUT2D eigenvalue weighted by molar-refractivity contribution is 0.473. The van der Waals surface area contributed by atoms with Gasteiger partial charge in [0.25, 0.3) is 0 Å². The summed E-state index contributed by atoms with van der Waals surface area (Å²) >= 11 is 0. The molecule has 40 heavy (non-hydrogen) atoms. The standard InChI is InChI=1S/C18H15NO.C17H11NO.CH4/c1-13(12-15-7-3-5-9-18(15)20)16-11-10-14-6-2-4-8-17(14)19-16;19-17-8-4-2-6-14(17)10-12-15-11-9-13-5-1-3-7-16(13)18-15;/h2-12,20H,1H3;1-9,11,19H;1H4/b13-12+;;. The Hall–Kier alpha value is -5.40. The Balaban J connectivity index is 0.000000181. The number of benzene rings is 4. The summed E-state index contributed by atoms with van der Waals surface area (Å²) in [6.45, 7) is 2.00. The maximum absolute atomic E-state index is 9.81. The van der Waals surface area contributed by atoms with Gasteiger partial charge in [0.1, 0.15) is 17.2 Å². The van der Waals surface area contributed by atoms with E-state index in [0.29, 0.717) is 11.3 Å². The van der Waals surface area contributed by atoms with Crippen molar-refractivity contribution in [2.45, 2.75) is 14.4 Å². The summed E-state index contributed by atoms with van der Waals surface area (Å²) < 4.78 is 0. The van der Waals surface area contributed by atoms with E-state index < -0.39 is 0 Å². The van der Waals surface area contributed by atoms with Crippen molar-refractivity contribution in [1.29, 1.82) is 0 Å². The van der Waals surface area contributed by atoms with E-state index in [1.54, 1.807) is 24.3 Å². The zero-order chi connectivity index (χ0) is 27.0. The van der Waals surface area contributed by atoms with Crippen molar-refractivity contribution in [2.75, 3.05) is 0 Å². The first kappa shape index (κ1) is 27.6. The molecule has 0 aliphatic heterocycles.